The maximum atomic E-state index is 6.45. The minimum absolute atomic E-state index is 0. The zero-order valence-electron chi connectivity index (χ0n) is 30.3. The second kappa shape index (κ2) is 16.3. The summed E-state index contributed by atoms with van der Waals surface area (Å²) in [7, 11) is 0. The predicted molar refractivity (Wildman–Crippen MR) is 206 cm³/mol. The van der Waals surface area contributed by atoms with Crippen molar-refractivity contribution in [3.05, 3.63) is 131 Å². The molecule has 4 aromatic carbocycles. The van der Waals surface area contributed by atoms with Crippen LogP contribution in [0.5, 0.6) is 11.5 Å². The Balaban J connectivity index is 0.00000448. The van der Waals surface area contributed by atoms with E-state index in [1.54, 1.807) is 11.1 Å². The summed E-state index contributed by atoms with van der Waals surface area (Å²) in [6.07, 6.45) is 15.0. The van der Waals surface area contributed by atoms with Crippen LogP contribution in [0.3, 0.4) is 0 Å². The van der Waals surface area contributed by atoms with Gasteiger partial charge in [-0.2, -0.15) is 17.2 Å². The van der Waals surface area contributed by atoms with Crippen LogP contribution in [0.25, 0.3) is 44.4 Å². The third-order valence-electron chi connectivity index (χ3n) is 9.54. The van der Waals surface area contributed by atoms with Gasteiger partial charge in [-0.25, -0.2) is 4.98 Å². The molecule has 6 heteroatoms. The molecular formula is C45H46N4OPt. The van der Waals surface area contributed by atoms with E-state index in [-0.39, 0.29) is 21.1 Å². The minimum atomic E-state index is 0. The summed E-state index contributed by atoms with van der Waals surface area (Å²) < 4.78 is 10.5. The molecule has 7 rings (SSSR count). The van der Waals surface area contributed by atoms with Crippen molar-refractivity contribution in [2.75, 3.05) is 0 Å². The summed E-state index contributed by atoms with van der Waals surface area (Å²) in [5, 5.41) is 7.14. The molecule has 0 fully saturated rings. The third kappa shape index (κ3) is 7.32. The molecule has 0 saturated heterocycles. The van der Waals surface area contributed by atoms with Gasteiger partial charge in [-0.1, -0.05) is 83.2 Å². The Morgan fingerprint density at radius 1 is 0.706 bits per heavy atom. The largest absolute Gasteiger partial charge is 2.00 e. The second-order valence-electron chi connectivity index (χ2n) is 13.3. The summed E-state index contributed by atoms with van der Waals surface area (Å²) in [6.45, 7) is 11.2. The Morgan fingerprint density at radius 3 is 2.24 bits per heavy atom. The Kier molecular flexibility index (Phi) is 11.6. The first-order valence-electron chi connectivity index (χ1n) is 18.3. The molecule has 7 aromatic rings. The number of pyridine rings is 1. The Morgan fingerprint density at radius 2 is 1.45 bits per heavy atom. The molecule has 0 radical (unpaired) electrons. The molecule has 0 atom stereocenters. The monoisotopic (exact) mass is 853 g/mol. The number of benzene rings is 4. The molecule has 3 heterocycles. The number of nitrogens with zero attached hydrogens (tertiary/aromatic N) is 4. The van der Waals surface area contributed by atoms with E-state index >= 15 is 0 Å². The van der Waals surface area contributed by atoms with E-state index in [1.807, 2.05) is 47.4 Å². The van der Waals surface area contributed by atoms with Crippen LogP contribution in [0.4, 0.5) is 0 Å². The predicted octanol–water partition coefficient (Wildman–Crippen LogP) is 11.5. The average Bonchev–Trinajstić information content (AvgIpc) is 3.73. The van der Waals surface area contributed by atoms with Crippen LogP contribution in [0, 0.1) is 19.1 Å². The van der Waals surface area contributed by atoms with Crippen LogP contribution in [-0.2, 0) is 46.7 Å². The maximum Gasteiger partial charge on any atom is 2.00 e. The van der Waals surface area contributed by atoms with Gasteiger partial charge >= 0.3 is 21.1 Å². The van der Waals surface area contributed by atoms with E-state index in [0.717, 1.165) is 83.8 Å². The molecule has 0 saturated carbocycles. The van der Waals surface area contributed by atoms with Gasteiger partial charge in [0.1, 0.15) is 5.82 Å². The van der Waals surface area contributed by atoms with Crippen molar-refractivity contribution >= 4 is 21.8 Å². The SMILES string of the molecule is CCCc1cc(CCC)c(-c2cnn(-c3[c-]c(Oc4[c-]c5c(cc4)c4ccccc4n5-c4cc(C)ccn4)ccc3)c2)c(CCC)c1CCC.[Pt+2]. The molecule has 0 aliphatic heterocycles. The van der Waals surface area contributed by atoms with Gasteiger partial charge in [-0.05, 0) is 95.3 Å². The first-order valence-corrected chi connectivity index (χ1v) is 18.3. The van der Waals surface area contributed by atoms with Gasteiger partial charge in [0, 0.05) is 35.0 Å². The number of aryl methyl sites for hydroxylation is 3. The van der Waals surface area contributed by atoms with Gasteiger partial charge in [0.25, 0.3) is 0 Å². The first kappa shape index (κ1) is 36.3. The molecule has 5 nitrogen and oxygen atoms in total. The topological polar surface area (TPSA) is 44.9 Å². The van der Waals surface area contributed by atoms with Crippen LogP contribution in [0.15, 0.2) is 91.4 Å². The molecule has 0 bridgehead atoms. The molecule has 0 unspecified atom stereocenters. The van der Waals surface area contributed by atoms with Crippen LogP contribution >= 0.6 is 0 Å². The quantitative estimate of drug-likeness (QED) is 0.109. The van der Waals surface area contributed by atoms with Crippen molar-refractivity contribution in [1.82, 2.24) is 19.3 Å². The van der Waals surface area contributed by atoms with E-state index in [1.165, 1.54) is 28.7 Å². The van der Waals surface area contributed by atoms with Crippen molar-refractivity contribution in [2.24, 2.45) is 0 Å². The number of hydrogen-bond acceptors (Lipinski definition) is 3. The van der Waals surface area contributed by atoms with E-state index in [4.69, 9.17) is 14.8 Å². The van der Waals surface area contributed by atoms with Gasteiger partial charge in [-0.15, -0.1) is 35.7 Å². The van der Waals surface area contributed by atoms with Gasteiger partial charge in [0.15, 0.2) is 0 Å². The Bertz CT molecular complexity index is 2280. The van der Waals surface area contributed by atoms with E-state index in [9.17, 15) is 0 Å². The molecule has 3 aromatic heterocycles. The molecular weight excluding hydrogens is 808 g/mol. The normalized spacial score (nSPS) is 11.3. The minimum Gasteiger partial charge on any atom is -0.509 e. The van der Waals surface area contributed by atoms with Gasteiger partial charge in [0.2, 0.25) is 0 Å². The summed E-state index contributed by atoms with van der Waals surface area (Å²) in [5.74, 6) is 2.09. The van der Waals surface area contributed by atoms with Gasteiger partial charge in [0.05, 0.1) is 6.20 Å². The van der Waals surface area contributed by atoms with Crippen molar-refractivity contribution in [1.29, 1.82) is 0 Å². The summed E-state index contributed by atoms with van der Waals surface area (Å²) in [4.78, 5) is 4.71. The molecule has 0 spiro atoms. The zero-order chi connectivity index (χ0) is 34.6. The molecule has 0 aliphatic carbocycles. The molecule has 51 heavy (non-hydrogen) atoms. The maximum absolute atomic E-state index is 6.45. The fraction of sp³-hybridized carbons (Fsp3) is 0.289. The van der Waals surface area contributed by atoms with Crippen LogP contribution < -0.4 is 4.74 Å². The second-order valence-corrected chi connectivity index (χ2v) is 13.3. The fourth-order valence-electron chi connectivity index (χ4n) is 7.46. The van der Waals surface area contributed by atoms with Gasteiger partial charge in [-0.3, -0.25) is 4.68 Å². The number of fused-ring (bicyclic) bond motifs is 3. The van der Waals surface area contributed by atoms with E-state index in [0.29, 0.717) is 11.5 Å². The smallest absolute Gasteiger partial charge is 0.509 e. The Hall–Kier alpha value is -4.47. The molecule has 0 aliphatic rings. The number of rotatable bonds is 13. The molecule has 262 valence electrons. The van der Waals surface area contributed by atoms with Gasteiger partial charge < -0.3 is 9.30 Å². The van der Waals surface area contributed by atoms with Crippen molar-refractivity contribution < 1.29 is 25.8 Å². The van der Waals surface area contributed by atoms with Crippen molar-refractivity contribution in [2.45, 2.75) is 86.0 Å². The standard InChI is InChI=1S/C45H46N4O.Pt/c1-6-13-32-26-33(14-7-2)45(41(16-9-4)38(32)15-8-3)34-29-47-48(30-34)35-17-12-18-36(27-35)50-37-21-22-40-39-19-10-11-20-42(39)49(43(40)28-37)44-25-31(5)23-24-46-44;/h10-12,17-26,29-30H,6-9,13-16H2,1-5H3;/q-2;+2. The van der Waals surface area contributed by atoms with Crippen molar-refractivity contribution in [3.63, 3.8) is 0 Å². The zero-order valence-corrected chi connectivity index (χ0v) is 32.6. The first-order chi connectivity index (χ1) is 24.5. The van der Waals surface area contributed by atoms with E-state index < -0.39 is 0 Å². The molecule has 0 amide bonds. The third-order valence-corrected chi connectivity index (χ3v) is 9.54. The van der Waals surface area contributed by atoms with Crippen LogP contribution in [0.1, 0.15) is 81.2 Å². The molecule has 0 N–H and O–H groups in total. The van der Waals surface area contributed by atoms with E-state index in [2.05, 4.69) is 100.0 Å². The van der Waals surface area contributed by atoms with Crippen molar-refractivity contribution in [3.8, 4) is 34.1 Å². The Labute approximate surface area is 317 Å². The summed E-state index contributed by atoms with van der Waals surface area (Å²) in [6, 6.07) is 32.1. The number of hydrogen-bond donors (Lipinski definition) is 0. The number of para-hydroxylation sites is 1. The number of aromatic nitrogens is 4. The van der Waals surface area contributed by atoms with Crippen LogP contribution in [0.2, 0.25) is 0 Å². The summed E-state index contributed by atoms with van der Waals surface area (Å²) >= 11 is 0. The number of ether oxygens (including phenoxy) is 1. The fourth-order valence-corrected chi connectivity index (χ4v) is 7.46. The van der Waals surface area contributed by atoms with Crippen LogP contribution in [-0.4, -0.2) is 19.3 Å². The average molecular weight is 854 g/mol. The summed E-state index contributed by atoms with van der Waals surface area (Å²) in [5.41, 5.74) is 12.6.